The molecule has 0 fully saturated rings. The minimum Gasteiger partial charge on any atom is -0.369 e. The zero-order valence-electron chi connectivity index (χ0n) is 14.1. The number of amidine groups is 1. The van der Waals surface area contributed by atoms with E-state index >= 15 is 0 Å². The van der Waals surface area contributed by atoms with Crippen molar-refractivity contribution in [2.24, 2.45) is 16.6 Å². The summed E-state index contributed by atoms with van der Waals surface area (Å²) in [5.74, 6) is 1.69. The number of hydrogen-bond acceptors (Lipinski definition) is 4. The molecule has 0 saturated heterocycles. The Morgan fingerprint density at radius 2 is 1.90 bits per heavy atom. The van der Waals surface area contributed by atoms with Crippen molar-refractivity contribution in [3.63, 3.8) is 0 Å². The highest BCUT2D eigenvalue weighted by Gasteiger charge is 2.27. The highest BCUT2D eigenvalue weighted by Crippen LogP contribution is 2.31. The summed E-state index contributed by atoms with van der Waals surface area (Å²) in [5, 5.41) is 6.64. The van der Waals surface area contributed by atoms with Gasteiger partial charge in [0.05, 0.1) is 0 Å². The fraction of sp³-hybridized carbons (Fsp3) is 0.688. The maximum atomic E-state index is 5.47. The summed E-state index contributed by atoms with van der Waals surface area (Å²) in [7, 11) is 0. The molecule has 1 atom stereocenters. The van der Waals surface area contributed by atoms with Crippen molar-refractivity contribution in [3.05, 3.63) is 24.4 Å². The van der Waals surface area contributed by atoms with E-state index in [9.17, 15) is 0 Å². The van der Waals surface area contributed by atoms with Gasteiger partial charge in [-0.25, -0.2) is 4.99 Å². The van der Waals surface area contributed by atoms with Crippen molar-refractivity contribution in [1.29, 1.82) is 0 Å². The Labute approximate surface area is 125 Å². The van der Waals surface area contributed by atoms with Gasteiger partial charge in [-0.2, -0.15) is 0 Å². The Kier molecular flexibility index (Phi) is 14.8. The monoisotopic (exact) mass is 282 g/mol. The van der Waals surface area contributed by atoms with Crippen molar-refractivity contribution in [2.75, 3.05) is 19.8 Å². The Hall–Kier alpha value is -1.29. The van der Waals surface area contributed by atoms with E-state index in [1.54, 1.807) is 0 Å². The van der Waals surface area contributed by atoms with Crippen molar-refractivity contribution < 1.29 is 0 Å². The molecule has 0 radical (unpaired) electrons. The van der Waals surface area contributed by atoms with E-state index in [0.717, 1.165) is 12.4 Å². The molecule has 118 valence electrons. The van der Waals surface area contributed by atoms with Crippen molar-refractivity contribution in [2.45, 2.75) is 47.5 Å². The summed E-state index contributed by atoms with van der Waals surface area (Å²) in [4.78, 5) is 4.44. The van der Waals surface area contributed by atoms with Crippen LogP contribution in [-0.2, 0) is 0 Å². The maximum Gasteiger partial charge on any atom is 0.128 e. The lowest BCUT2D eigenvalue weighted by Crippen LogP contribution is -2.36. The van der Waals surface area contributed by atoms with Gasteiger partial charge in [0.1, 0.15) is 12.5 Å². The number of nitrogens with zero attached hydrogens (tertiary/aromatic N) is 1. The molecular weight excluding hydrogens is 248 g/mol. The second-order valence-corrected chi connectivity index (χ2v) is 3.89. The number of allylic oxidation sites excluding steroid dienone is 1. The fourth-order valence-electron chi connectivity index (χ4n) is 2.14. The van der Waals surface area contributed by atoms with Gasteiger partial charge in [0, 0.05) is 24.4 Å². The van der Waals surface area contributed by atoms with Crippen LogP contribution in [0, 0.1) is 5.92 Å². The molecule has 0 bridgehead atoms. The molecule has 4 N–H and O–H groups in total. The minimum atomic E-state index is 0.627. The molecule has 0 saturated carbocycles. The van der Waals surface area contributed by atoms with Gasteiger partial charge in [0.25, 0.3) is 0 Å². The lowest BCUT2D eigenvalue weighted by atomic mass is 10.0. The third-order valence-electron chi connectivity index (χ3n) is 2.87. The Bertz CT molecular complexity index is 295. The first-order chi connectivity index (χ1) is 9.83. The maximum absolute atomic E-state index is 5.47. The normalized spacial score (nSPS) is 18.7. The average molecular weight is 282 g/mol. The van der Waals surface area contributed by atoms with E-state index < -0.39 is 0 Å². The molecule has 1 heterocycles. The van der Waals surface area contributed by atoms with Crippen molar-refractivity contribution in [3.8, 4) is 0 Å². The van der Waals surface area contributed by atoms with Gasteiger partial charge in [-0.3, -0.25) is 0 Å². The molecule has 0 unspecified atom stereocenters. The van der Waals surface area contributed by atoms with E-state index in [0.29, 0.717) is 19.1 Å². The molecule has 20 heavy (non-hydrogen) atoms. The number of rotatable bonds is 2. The minimum absolute atomic E-state index is 0.627. The zero-order valence-corrected chi connectivity index (χ0v) is 14.1. The second-order valence-electron chi connectivity index (χ2n) is 3.89. The van der Waals surface area contributed by atoms with Crippen LogP contribution in [0.1, 0.15) is 47.5 Å². The summed E-state index contributed by atoms with van der Waals surface area (Å²) >= 11 is 0. The largest absolute Gasteiger partial charge is 0.369 e. The topological polar surface area (TPSA) is 62.4 Å². The van der Waals surface area contributed by atoms with Crippen molar-refractivity contribution in [1.82, 2.24) is 10.6 Å². The predicted molar refractivity (Wildman–Crippen MR) is 91.9 cm³/mol. The second kappa shape index (κ2) is 14.1. The van der Waals surface area contributed by atoms with Gasteiger partial charge in [-0.1, -0.05) is 34.6 Å². The molecule has 0 aromatic carbocycles. The quantitative estimate of drug-likeness (QED) is 0.682. The molecule has 0 aromatic heterocycles. The van der Waals surface area contributed by atoms with Gasteiger partial charge in [0.2, 0.25) is 0 Å². The molecule has 0 amide bonds. The zero-order chi connectivity index (χ0) is 16.0. The third kappa shape index (κ3) is 6.24. The van der Waals surface area contributed by atoms with Crippen LogP contribution in [0.25, 0.3) is 0 Å². The van der Waals surface area contributed by atoms with Crippen LogP contribution in [0.4, 0.5) is 0 Å². The van der Waals surface area contributed by atoms with Crippen LogP contribution >= 0.6 is 0 Å². The number of nitrogens with two attached hydrogens (primary N) is 1. The smallest absolute Gasteiger partial charge is 0.128 e. The lowest BCUT2D eigenvalue weighted by molar-refractivity contribution is 0.679. The Morgan fingerprint density at radius 3 is 2.45 bits per heavy atom. The summed E-state index contributed by atoms with van der Waals surface area (Å²) in [5.41, 5.74) is 8.23. The van der Waals surface area contributed by atoms with Gasteiger partial charge >= 0.3 is 0 Å². The van der Waals surface area contributed by atoms with Crippen molar-refractivity contribution >= 4 is 5.84 Å². The van der Waals surface area contributed by atoms with Crippen LogP contribution in [0.15, 0.2) is 29.4 Å². The van der Waals surface area contributed by atoms with Crippen LogP contribution in [-0.4, -0.2) is 25.6 Å². The molecule has 4 heteroatoms. The number of hydrogen-bond donors (Lipinski definition) is 3. The van der Waals surface area contributed by atoms with Gasteiger partial charge < -0.3 is 16.4 Å². The molecule has 2 aliphatic rings. The molecule has 2 rings (SSSR count). The molecule has 1 aliphatic carbocycles. The SMILES string of the molecule is C=C.CC.CC.C[C@@H]1CCC2=C1C(NCCN)=NCN2. The molecule has 4 nitrogen and oxygen atoms in total. The fourth-order valence-corrected chi connectivity index (χ4v) is 2.14. The highest BCUT2D eigenvalue weighted by atomic mass is 15.1. The highest BCUT2D eigenvalue weighted by molar-refractivity contribution is 6.00. The third-order valence-corrected chi connectivity index (χ3v) is 2.87. The lowest BCUT2D eigenvalue weighted by Gasteiger charge is -2.20. The first kappa shape index (κ1) is 21.0. The van der Waals surface area contributed by atoms with Crippen LogP contribution in [0.2, 0.25) is 0 Å². The van der Waals surface area contributed by atoms with E-state index in [2.05, 4.69) is 35.7 Å². The Morgan fingerprint density at radius 1 is 1.30 bits per heavy atom. The number of nitrogens with one attached hydrogen (secondary N) is 2. The number of aliphatic imine (C=N–C) groups is 1. The summed E-state index contributed by atoms with van der Waals surface area (Å²) in [6, 6.07) is 0. The van der Waals surface area contributed by atoms with E-state index in [1.807, 2.05) is 27.7 Å². The van der Waals surface area contributed by atoms with E-state index in [-0.39, 0.29) is 0 Å². The van der Waals surface area contributed by atoms with Gasteiger partial charge in [-0.05, 0) is 18.8 Å². The van der Waals surface area contributed by atoms with Gasteiger partial charge in [-0.15, -0.1) is 13.2 Å². The average Bonchev–Trinajstić information content (AvgIpc) is 2.93. The van der Waals surface area contributed by atoms with E-state index in [4.69, 9.17) is 5.73 Å². The summed E-state index contributed by atoms with van der Waals surface area (Å²) in [6.45, 7) is 18.4. The predicted octanol–water partition coefficient (Wildman–Crippen LogP) is 3.03. The van der Waals surface area contributed by atoms with Crippen LogP contribution in [0.3, 0.4) is 0 Å². The summed E-state index contributed by atoms with van der Waals surface area (Å²) < 4.78 is 0. The van der Waals surface area contributed by atoms with E-state index in [1.165, 1.54) is 24.1 Å². The summed E-state index contributed by atoms with van der Waals surface area (Å²) in [6.07, 6.45) is 2.40. The first-order valence-electron chi connectivity index (χ1n) is 7.78. The Balaban J connectivity index is 0. The molecule has 1 aliphatic heterocycles. The van der Waals surface area contributed by atoms with Gasteiger partial charge in [0.15, 0.2) is 0 Å². The molecule has 0 aromatic rings. The standard InChI is InChI=1S/C10H18N4.2C2H6.C2H4/c1-7-2-3-8-9(7)10(12-5-4-11)14-6-13-8;3*1-2/h7,13H,2-6,11H2,1H3,(H,12,14);2*1-2H3;1-2H2/t7-;;;/m1.../s1. The molecule has 0 spiro atoms. The first-order valence-corrected chi connectivity index (χ1v) is 7.78. The van der Waals surface area contributed by atoms with Crippen LogP contribution < -0.4 is 16.4 Å². The molecular formula is C16H34N4. The van der Waals surface area contributed by atoms with Crippen LogP contribution in [0.5, 0.6) is 0 Å².